The van der Waals surface area contributed by atoms with E-state index in [0.29, 0.717) is 23.1 Å². The van der Waals surface area contributed by atoms with E-state index in [9.17, 15) is 4.79 Å². The predicted octanol–water partition coefficient (Wildman–Crippen LogP) is 2.73. The summed E-state index contributed by atoms with van der Waals surface area (Å²) >= 11 is 0. The zero-order valence-electron chi connectivity index (χ0n) is 14.1. The Balaban J connectivity index is 0.00000264. The number of hydrogen-bond donors (Lipinski definition) is 1. The molecule has 1 aliphatic rings. The molecule has 1 aromatic carbocycles. The number of nitrogens with one attached hydrogen (secondary N) is 1. The van der Waals surface area contributed by atoms with Crippen molar-refractivity contribution in [1.82, 2.24) is 10.2 Å². The first-order valence-electron chi connectivity index (χ1n) is 7.95. The van der Waals surface area contributed by atoms with Crippen molar-refractivity contribution in [2.75, 3.05) is 33.9 Å². The SMILES string of the molecule is CCCN(C(=O)c1ccc(OC)c(OC)c1)C1CCNCC1.Cl. The third kappa shape index (κ3) is 4.75. The first kappa shape index (κ1) is 19.6. The number of piperidine rings is 1. The molecule has 2 rings (SSSR count). The minimum Gasteiger partial charge on any atom is -0.493 e. The lowest BCUT2D eigenvalue weighted by Crippen LogP contribution is -2.46. The molecule has 0 radical (unpaired) electrons. The fourth-order valence-corrected chi connectivity index (χ4v) is 2.94. The van der Waals surface area contributed by atoms with Gasteiger partial charge in [0.05, 0.1) is 14.2 Å². The molecule has 0 aromatic heterocycles. The van der Waals surface area contributed by atoms with Crippen LogP contribution < -0.4 is 14.8 Å². The van der Waals surface area contributed by atoms with Crippen LogP contribution in [0.1, 0.15) is 36.5 Å². The molecule has 0 unspecified atom stereocenters. The third-order valence-corrected chi connectivity index (χ3v) is 4.11. The lowest BCUT2D eigenvalue weighted by molar-refractivity contribution is 0.0642. The van der Waals surface area contributed by atoms with E-state index < -0.39 is 0 Å². The molecule has 1 fully saturated rings. The Morgan fingerprint density at radius 2 is 1.87 bits per heavy atom. The first-order chi connectivity index (χ1) is 10.7. The summed E-state index contributed by atoms with van der Waals surface area (Å²) in [4.78, 5) is 14.9. The average Bonchev–Trinajstić information content (AvgIpc) is 2.59. The zero-order valence-corrected chi connectivity index (χ0v) is 14.9. The highest BCUT2D eigenvalue weighted by molar-refractivity contribution is 5.95. The maximum atomic E-state index is 12.9. The number of amides is 1. The fraction of sp³-hybridized carbons (Fsp3) is 0.588. The molecule has 1 amide bonds. The number of halogens is 1. The first-order valence-corrected chi connectivity index (χ1v) is 7.95. The number of carbonyl (C=O) groups is 1. The van der Waals surface area contributed by atoms with Gasteiger partial charge in [0.15, 0.2) is 11.5 Å². The molecule has 5 nitrogen and oxygen atoms in total. The van der Waals surface area contributed by atoms with Crippen molar-refractivity contribution in [3.05, 3.63) is 23.8 Å². The van der Waals surface area contributed by atoms with Gasteiger partial charge in [-0.05, 0) is 50.6 Å². The molecular formula is C17H27ClN2O3. The zero-order chi connectivity index (χ0) is 15.9. The number of nitrogens with zero attached hydrogens (tertiary/aromatic N) is 1. The third-order valence-electron chi connectivity index (χ3n) is 4.11. The highest BCUT2D eigenvalue weighted by atomic mass is 35.5. The highest BCUT2D eigenvalue weighted by Crippen LogP contribution is 2.28. The van der Waals surface area contributed by atoms with E-state index in [2.05, 4.69) is 12.2 Å². The van der Waals surface area contributed by atoms with Crippen LogP contribution in [0.2, 0.25) is 0 Å². The van der Waals surface area contributed by atoms with Crippen molar-refractivity contribution in [1.29, 1.82) is 0 Å². The van der Waals surface area contributed by atoms with Gasteiger partial charge in [0.25, 0.3) is 5.91 Å². The van der Waals surface area contributed by atoms with Crippen molar-refractivity contribution in [3.63, 3.8) is 0 Å². The smallest absolute Gasteiger partial charge is 0.254 e. The van der Waals surface area contributed by atoms with Crippen molar-refractivity contribution in [3.8, 4) is 11.5 Å². The molecule has 1 saturated heterocycles. The van der Waals surface area contributed by atoms with Crippen LogP contribution in [-0.4, -0.2) is 50.7 Å². The Kier molecular flexibility index (Phi) is 8.20. The molecule has 0 saturated carbocycles. The molecule has 130 valence electrons. The second-order valence-corrected chi connectivity index (χ2v) is 5.55. The van der Waals surface area contributed by atoms with E-state index in [1.807, 2.05) is 11.0 Å². The largest absolute Gasteiger partial charge is 0.493 e. The number of benzene rings is 1. The van der Waals surface area contributed by atoms with Crippen LogP contribution in [0.4, 0.5) is 0 Å². The highest BCUT2D eigenvalue weighted by Gasteiger charge is 2.26. The molecule has 6 heteroatoms. The Bertz CT molecular complexity index is 505. The summed E-state index contributed by atoms with van der Waals surface area (Å²) < 4.78 is 10.5. The van der Waals surface area contributed by atoms with E-state index in [-0.39, 0.29) is 18.3 Å². The van der Waals surface area contributed by atoms with E-state index in [1.54, 1.807) is 26.4 Å². The second kappa shape index (κ2) is 9.63. The van der Waals surface area contributed by atoms with Gasteiger partial charge in [-0.25, -0.2) is 0 Å². The Morgan fingerprint density at radius 1 is 1.22 bits per heavy atom. The van der Waals surface area contributed by atoms with Crippen LogP contribution in [-0.2, 0) is 0 Å². The van der Waals surface area contributed by atoms with Gasteiger partial charge in [-0.2, -0.15) is 0 Å². The van der Waals surface area contributed by atoms with Gasteiger partial charge in [-0.1, -0.05) is 6.92 Å². The molecule has 0 aliphatic carbocycles. The molecule has 0 bridgehead atoms. The van der Waals surface area contributed by atoms with Crippen molar-refractivity contribution >= 4 is 18.3 Å². The number of ether oxygens (including phenoxy) is 2. The van der Waals surface area contributed by atoms with Gasteiger partial charge >= 0.3 is 0 Å². The van der Waals surface area contributed by atoms with Gasteiger partial charge in [0.2, 0.25) is 0 Å². The van der Waals surface area contributed by atoms with E-state index >= 15 is 0 Å². The molecule has 0 spiro atoms. The van der Waals surface area contributed by atoms with Gasteiger partial charge in [0, 0.05) is 18.2 Å². The lowest BCUT2D eigenvalue weighted by Gasteiger charge is -2.34. The van der Waals surface area contributed by atoms with Crippen LogP contribution in [0.25, 0.3) is 0 Å². The van der Waals surface area contributed by atoms with E-state index in [4.69, 9.17) is 9.47 Å². The van der Waals surface area contributed by atoms with Crippen molar-refractivity contribution < 1.29 is 14.3 Å². The fourth-order valence-electron chi connectivity index (χ4n) is 2.94. The summed E-state index contributed by atoms with van der Waals surface area (Å²) in [5, 5.41) is 3.35. The standard InChI is InChI=1S/C17H26N2O3.ClH/c1-4-11-19(14-7-9-18-10-8-14)17(20)13-5-6-15(21-2)16(12-13)22-3;/h5-6,12,14,18H,4,7-11H2,1-3H3;1H. The van der Waals surface area contributed by atoms with Crippen LogP contribution >= 0.6 is 12.4 Å². The van der Waals surface area contributed by atoms with Gasteiger partial charge < -0.3 is 19.7 Å². The molecule has 1 heterocycles. The molecular weight excluding hydrogens is 316 g/mol. The van der Waals surface area contributed by atoms with Gasteiger partial charge in [-0.3, -0.25) is 4.79 Å². The van der Waals surface area contributed by atoms with Crippen molar-refractivity contribution in [2.45, 2.75) is 32.2 Å². The Morgan fingerprint density at radius 3 is 2.43 bits per heavy atom. The minimum absolute atomic E-state index is 0. The number of rotatable bonds is 6. The Labute approximate surface area is 144 Å². The van der Waals surface area contributed by atoms with Crippen molar-refractivity contribution in [2.24, 2.45) is 0 Å². The quantitative estimate of drug-likeness (QED) is 0.863. The molecule has 0 atom stereocenters. The van der Waals surface area contributed by atoms with Crippen LogP contribution in [0, 0.1) is 0 Å². The van der Waals surface area contributed by atoms with Crippen LogP contribution in [0.15, 0.2) is 18.2 Å². The summed E-state index contributed by atoms with van der Waals surface area (Å²) in [5.41, 5.74) is 0.657. The predicted molar refractivity (Wildman–Crippen MR) is 94.0 cm³/mol. The second-order valence-electron chi connectivity index (χ2n) is 5.55. The van der Waals surface area contributed by atoms with E-state index in [0.717, 1.165) is 38.9 Å². The summed E-state index contributed by atoms with van der Waals surface area (Å²) in [6, 6.07) is 5.69. The molecule has 1 N–H and O–H groups in total. The monoisotopic (exact) mass is 342 g/mol. The van der Waals surface area contributed by atoms with Crippen LogP contribution in [0.3, 0.4) is 0 Å². The summed E-state index contributed by atoms with van der Waals surface area (Å²) in [6.45, 7) is 4.85. The molecule has 1 aliphatic heterocycles. The Hall–Kier alpha value is -1.46. The minimum atomic E-state index is 0. The normalized spacial score (nSPS) is 14.7. The maximum absolute atomic E-state index is 12.9. The molecule has 1 aromatic rings. The number of hydrogen-bond acceptors (Lipinski definition) is 4. The van der Waals surface area contributed by atoms with Crippen LogP contribution in [0.5, 0.6) is 11.5 Å². The summed E-state index contributed by atoms with van der Waals surface area (Å²) in [7, 11) is 3.18. The number of methoxy groups -OCH3 is 2. The average molecular weight is 343 g/mol. The topological polar surface area (TPSA) is 50.8 Å². The molecule has 23 heavy (non-hydrogen) atoms. The van der Waals surface area contributed by atoms with Gasteiger partial charge in [0.1, 0.15) is 0 Å². The van der Waals surface area contributed by atoms with Gasteiger partial charge in [-0.15, -0.1) is 12.4 Å². The number of carbonyl (C=O) groups excluding carboxylic acids is 1. The maximum Gasteiger partial charge on any atom is 0.254 e. The lowest BCUT2D eigenvalue weighted by atomic mass is 10.0. The summed E-state index contributed by atoms with van der Waals surface area (Å²) in [6.07, 6.45) is 2.99. The van der Waals surface area contributed by atoms with E-state index in [1.165, 1.54) is 0 Å². The summed E-state index contributed by atoms with van der Waals surface area (Å²) in [5.74, 6) is 1.31.